The van der Waals surface area contributed by atoms with E-state index in [0.717, 1.165) is 11.3 Å². The summed E-state index contributed by atoms with van der Waals surface area (Å²) in [4.78, 5) is 24.2. The first kappa shape index (κ1) is 16.1. The second kappa shape index (κ2) is 6.78. The minimum Gasteiger partial charge on any atom is -0.491 e. The molecule has 0 saturated heterocycles. The summed E-state index contributed by atoms with van der Waals surface area (Å²) < 4.78 is 7.38. The Morgan fingerprint density at radius 2 is 2.08 bits per heavy atom. The van der Waals surface area contributed by atoms with Crippen molar-refractivity contribution in [3.8, 4) is 5.75 Å². The van der Waals surface area contributed by atoms with E-state index >= 15 is 0 Å². The van der Waals surface area contributed by atoms with Crippen LogP contribution in [0.25, 0.3) is 0 Å². The fourth-order valence-corrected chi connectivity index (χ4v) is 2.67. The average molecular weight is 327 g/mol. The lowest BCUT2D eigenvalue weighted by molar-refractivity contribution is -0.123. The lowest BCUT2D eigenvalue weighted by Crippen LogP contribution is -2.52. The molecule has 0 saturated carbocycles. The predicted molar refractivity (Wildman–Crippen MR) is 89.7 cm³/mol. The van der Waals surface area contributed by atoms with E-state index in [2.05, 4.69) is 10.6 Å². The van der Waals surface area contributed by atoms with Crippen molar-refractivity contribution in [2.24, 2.45) is 0 Å². The maximum Gasteiger partial charge on any atom is 0.268 e. The quantitative estimate of drug-likeness (QED) is 0.878. The Kier molecular flexibility index (Phi) is 4.55. The molecule has 6 heteroatoms. The highest BCUT2D eigenvalue weighted by Gasteiger charge is 2.28. The lowest BCUT2D eigenvalue weighted by atomic mass is 10.1. The number of hydrogen-bond acceptors (Lipinski definition) is 3. The van der Waals surface area contributed by atoms with Crippen molar-refractivity contribution in [2.45, 2.75) is 39.1 Å². The summed E-state index contributed by atoms with van der Waals surface area (Å²) in [5, 5.41) is 5.60. The number of amides is 2. The van der Waals surface area contributed by atoms with E-state index in [-0.39, 0.29) is 17.9 Å². The summed E-state index contributed by atoms with van der Waals surface area (Å²) in [6.07, 6.45) is 1.94. The number of ether oxygens (including phenoxy) is 1. The number of fused-ring (bicyclic) bond motifs is 1. The molecule has 24 heavy (non-hydrogen) atoms. The molecule has 2 heterocycles. The normalized spacial score (nSPS) is 16.5. The molecule has 6 nitrogen and oxygen atoms in total. The topological polar surface area (TPSA) is 72.4 Å². The Balaban J connectivity index is 1.55. The highest BCUT2D eigenvalue weighted by molar-refractivity contribution is 5.97. The van der Waals surface area contributed by atoms with Crippen LogP contribution in [0.5, 0.6) is 5.75 Å². The average Bonchev–Trinajstić information content (AvgIpc) is 3.02. The monoisotopic (exact) mass is 327 g/mol. The molecule has 1 unspecified atom stereocenters. The molecule has 2 amide bonds. The zero-order chi connectivity index (χ0) is 17.1. The molecule has 1 atom stereocenters. The van der Waals surface area contributed by atoms with Crippen molar-refractivity contribution in [2.75, 3.05) is 0 Å². The number of benzene rings is 1. The highest BCUT2D eigenvalue weighted by Crippen LogP contribution is 2.14. The Morgan fingerprint density at radius 1 is 1.33 bits per heavy atom. The summed E-state index contributed by atoms with van der Waals surface area (Å²) >= 11 is 0. The molecular formula is C18H21N3O3. The van der Waals surface area contributed by atoms with Gasteiger partial charge in [0, 0.05) is 12.7 Å². The van der Waals surface area contributed by atoms with Crippen LogP contribution in [-0.4, -0.2) is 28.5 Å². The van der Waals surface area contributed by atoms with Crippen LogP contribution < -0.4 is 15.4 Å². The van der Waals surface area contributed by atoms with Crippen LogP contribution in [0.15, 0.2) is 42.6 Å². The third-order valence-electron chi connectivity index (χ3n) is 3.83. The largest absolute Gasteiger partial charge is 0.491 e. The predicted octanol–water partition coefficient (Wildman–Crippen LogP) is 1.70. The minimum atomic E-state index is -0.555. The van der Waals surface area contributed by atoms with Crippen LogP contribution in [0.3, 0.4) is 0 Å². The SMILES string of the molecule is CC(C)Oc1ccc(CNC(=O)C2Cn3cccc3C(=O)N2)cc1. The molecule has 1 aliphatic rings. The van der Waals surface area contributed by atoms with E-state index in [1.54, 1.807) is 16.7 Å². The Morgan fingerprint density at radius 3 is 2.79 bits per heavy atom. The van der Waals surface area contributed by atoms with Gasteiger partial charge >= 0.3 is 0 Å². The second-order valence-electron chi connectivity index (χ2n) is 6.10. The molecular weight excluding hydrogens is 306 g/mol. The van der Waals surface area contributed by atoms with Gasteiger partial charge in [0.25, 0.3) is 5.91 Å². The maximum atomic E-state index is 12.3. The molecule has 1 aromatic heterocycles. The van der Waals surface area contributed by atoms with E-state index in [1.807, 2.05) is 44.3 Å². The van der Waals surface area contributed by atoms with Gasteiger partial charge in [-0.2, -0.15) is 0 Å². The van der Waals surface area contributed by atoms with E-state index in [0.29, 0.717) is 18.8 Å². The first-order valence-corrected chi connectivity index (χ1v) is 8.02. The fourth-order valence-electron chi connectivity index (χ4n) is 2.67. The Labute approximate surface area is 140 Å². The highest BCUT2D eigenvalue weighted by atomic mass is 16.5. The van der Waals surface area contributed by atoms with Gasteiger partial charge in [0.15, 0.2) is 0 Å². The summed E-state index contributed by atoms with van der Waals surface area (Å²) in [5.41, 5.74) is 1.56. The minimum absolute atomic E-state index is 0.129. The summed E-state index contributed by atoms with van der Waals surface area (Å²) in [5.74, 6) is 0.395. The lowest BCUT2D eigenvalue weighted by Gasteiger charge is -2.24. The van der Waals surface area contributed by atoms with Crippen LogP contribution in [0.2, 0.25) is 0 Å². The number of rotatable bonds is 5. The number of carbonyl (C=O) groups excluding carboxylic acids is 2. The van der Waals surface area contributed by atoms with E-state index < -0.39 is 6.04 Å². The van der Waals surface area contributed by atoms with Gasteiger partial charge in [0.1, 0.15) is 17.5 Å². The first-order chi connectivity index (χ1) is 11.5. The number of nitrogens with one attached hydrogen (secondary N) is 2. The molecule has 1 aromatic carbocycles. The van der Waals surface area contributed by atoms with Gasteiger partial charge in [-0.3, -0.25) is 9.59 Å². The van der Waals surface area contributed by atoms with Gasteiger partial charge in [-0.15, -0.1) is 0 Å². The van der Waals surface area contributed by atoms with Gasteiger partial charge < -0.3 is 19.9 Å². The van der Waals surface area contributed by atoms with Crippen LogP contribution >= 0.6 is 0 Å². The molecule has 2 aromatic rings. The molecule has 0 aliphatic carbocycles. The van der Waals surface area contributed by atoms with Crippen molar-refractivity contribution in [3.05, 3.63) is 53.9 Å². The van der Waals surface area contributed by atoms with Crippen LogP contribution in [0, 0.1) is 0 Å². The Bertz CT molecular complexity index is 734. The van der Waals surface area contributed by atoms with Gasteiger partial charge in [-0.05, 0) is 43.7 Å². The zero-order valence-corrected chi connectivity index (χ0v) is 13.8. The molecule has 0 bridgehead atoms. The molecule has 0 fully saturated rings. The van der Waals surface area contributed by atoms with Gasteiger partial charge in [-0.25, -0.2) is 0 Å². The molecule has 0 spiro atoms. The van der Waals surface area contributed by atoms with E-state index in [4.69, 9.17) is 4.74 Å². The fraction of sp³-hybridized carbons (Fsp3) is 0.333. The smallest absolute Gasteiger partial charge is 0.268 e. The number of hydrogen-bond donors (Lipinski definition) is 2. The van der Waals surface area contributed by atoms with E-state index in [9.17, 15) is 9.59 Å². The molecule has 126 valence electrons. The summed E-state index contributed by atoms with van der Waals surface area (Å²) in [6.45, 7) is 4.80. The number of carbonyl (C=O) groups is 2. The third kappa shape index (κ3) is 3.59. The number of nitrogens with zero attached hydrogens (tertiary/aromatic N) is 1. The zero-order valence-electron chi connectivity index (χ0n) is 13.8. The van der Waals surface area contributed by atoms with Crippen LogP contribution in [-0.2, 0) is 17.9 Å². The first-order valence-electron chi connectivity index (χ1n) is 8.02. The summed E-state index contributed by atoms with van der Waals surface area (Å²) in [7, 11) is 0. The molecule has 1 aliphatic heterocycles. The standard InChI is InChI=1S/C18H21N3O3/c1-12(2)24-14-7-5-13(6-8-14)10-19-17(22)15-11-21-9-3-4-16(21)18(23)20-15/h3-9,12,15H,10-11H2,1-2H3,(H,19,22)(H,20,23). The van der Waals surface area contributed by atoms with Gasteiger partial charge in [0.05, 0.1) is 12.6 Å². The van der Waals surface area contributed by atoms with Crippen LogP contribution in [0.1, 0.15) is 29.9 Å². The maximum absolute atomic E-state index is 12.3. The Hall–Kier alpha value is -2.76. The van der Waals surface area contributed by atoms with Crippen molar-refractivity contribution < 1.29 is 14.3 Å². The van der Waals surface area contributed by atoms with Gasteiger partial charge in [0.2, 0.25) is 5.91 Å². The molecule has 3 rings (SSSR count). The third-order valence-corrected chi connectivity index (χ3v) is 3.83. The van der Waals surface area contributed by atoms with Gasteiger partial charge in [-0.1, -0.05) is 12.1 Å². The molecule has 2 N–H and O–H groups in total. The van der Waals surface area contributed by atoms with E-state index in [1.165, 1.54) is 0 Å². The number of aromatic nitrogens is 1. The van der Waals surface area contributed by atoms with Crippen molar-refractivity contribution in [1.82, 2.24) is 15.2 Å². The van der Waals surface area contributed by atoms with Crippen molar-refractivity contribution in [1.29, 1.82) is 0 Å². The van der Waals surface area contributed by atoms with Crippen LogP contribution in [0.4, 0.5) is 0 Å². The van der Waals surface area contributed by atoms with Crippen molar-refractivity contribution in [3.63, 3.8) is 0 Å². The summed E-state index contributed by atoms with van der Waals surface area (Å²) in [6, 6.07) is 10.6. The second-order valence-corrected chi connectivity index (χ2v) is 6.10. The van der Waals surface area contributed by atoms with Crippen molar-refractivity contribution >= 4 is 11.8 Å². The molecule has 0 radical (unpaired) electrons.